The number of rotatable bonds is 10. The summed E-state index contributed by atoms with van der Waals surface area (Å²) in [7, 11) is 4.28. The zero-order valence-electron chi connectivity index (χ0n) is 18.4. The molecule has 0 saturated heterocycles. The lowest BCUT2D eigenvalue weighted by molar-refractivity contribution is 0.0601. The molecular weight excluding hydrogens is 358 g/mol. The summed E-state index contributed by atoms with van der Waals surface area (Å²) < 4.78 is 0. The average molecular weight is 398 g/mol. The van der Waals surface area contributed by atoms with Crippen LogP contribution in [-0.2, 0) is 5.60 Å². The van der Waals surface area contributed by atoms with Gasteiger partial charge in [-0.05, 0) is 83.5 Å². The third-order valence-electron chi connectivity index (χ3n) is 6.82. The number of fused-ring (bicyclic) bond motifs is 1. The van der Waals surface area contributed by atoms with E-state index in [4.69, 9.17) is 0 Å². The van der Waals surface area contributed by atoms with Crippen molar-refractivity contribution in [3.05, 3.63) is 59.7 Å². The fourth-order valence-corrected chi connectivity index (χ4v) is 5.12. The standard InChI is InChI=1S/C26H39NO2/c1-26(29,22-12-7-4-8-13-22)15-10-14-23-24-18-20(17-21(24)19-25(23)28)11-6-5-9-16-27(2)3/h4,7-8,10,12-14,17,21,23-25,28-29H,5-6,9,11,15-16,18-19H2,1-3H3/t21-,23+,24-,25+,26+/m0/s1. The Hall–Kier alpha value is -1.42. The Morgan fingerprint density at radius 2 is 1.90 bits per heavy atom. The summed E-state index contributed by atoms with van der Waals surface area (Å²) in [4.78, 5) is 2.26. The van der Waals surface area contributed by atoms with Gasteiger partial charge >= 0.3 is 0 Å². The number of benzene rings is 1. The van der Waals surface area contributed by atoms with Gasteiger partial charge in [0.15, 0.2) is 0 Å². The van der Waals surface area contributed by atoms with Crippen molar-refractivity contribution < 1.29 is 10.2 Å². The van der Waals surface area contributed by atoms with Crippen LogP contribution in [0.15, 0.2) is 54.1 Å². The highest BCUT2D eigenvalue weighted by atomic mass is 16.3. The normalized spacial score (nSPS) is 28.7. The molecular formula is C26H39NO2. The molecule has 5 atom stereocenters. The molecule has 2 N–H and O–H groups in total. The SMILES string of the molecule is CN(C)CCCCCC1=C[C@H]2C[C@@H](O)[C@H](C=CC[C@@](C)(O)c3ccccc3)[C@H]2C1. The second kappa shape index (κ2) is 10.1. The summed E-state index contributed by atoms with van der Waals surface area (Å²) >= 11 is 0. The topological polar surface area (TPSA) is 43.7 Å². The minimum atomic E-state index is -0.869. The molecule has 160 valence electrons. The van der Waals surface area contributed by atoms with Crippen LogP contribution in [0.5, 0.6) is 0 Å². The predicted molar refractivity (Wildman–Crippen MR) is 121 cm³/mol. The van der Waals surface area contributed by atoms with E-state index in [-0.39, 0.29) is 12.0 Å². The van der Waals surface area contributed by atoms with E-state index < -0.39 is 5.60 Å². The number of hydrogen-bond donors (Lipinski definition) is 2. The second-order valence-electron chi connectivity index (χ2n) is 9.62. The summed E-state index contributed by atoms with van der Waals surface area (Å²) in [6.45, 7) is 3.04. The Morgan fingerprint density at radius 1 is 1.14 bits per heavy atom. The largest absolute Gasteiger partial charge is 0.392 e. The number of hydrogen-bond acceptors (Lipinski definition) is 3. The number of aliphatic hydroxyl groups excluding tert-OH is 1. The number of allylic oxidation sites excluding steroid dienone is 2. The molecule has 0 spiro atoms. The van der Waals surface area contributed by atoms with Gasteiger partial charge in [-0.1, -0.05) is 60.6 Å². The van der Waals surface area contributed by atoms with Crippen LogP contribution in [0, 0.1) is 17.8 Å². The molecule has 3 rings (SSSR count). The van der Waals surface area contributed by atoms with E-state index in [1.54, 1.807) is 5.57 Å². The molecule has 0 amide bonds. The van der Waals surface area contributed by atoms with Crippen molar-refractivity contribution >= 4 is 0 Å². The molecule has 0 aliphatic heterocycles. The van der Waals surface area contributed by atoms with E-state index in [9.17, 15) is 10.2 Å². The van der Waals surface area contributed by atoms with Crippen LogP contribution in [0.4, 0.5) is 0 Å². The van der Waals surface area contributed by atoms with Gasteiger partial charge in [0.2, 0.25) is 0 Å². The lowest BCUT2D eigenvalue weighted by Crippen LogP contribution is -2.21. The quantitative estimate of drug-likeness (QED) is 0.436. The lowest BCUT2D eigenvalue weighted by atomic mass is 9.87. The maximum atomic E-state index is 10.8. The van der Waals surface area contributed by atoms with E-state index >= 15 is 0 Å². The summed E-state index contributed by atoms with van der Waals surface area (Å²) in [6, 6.07) is 9.84. The number of nitrogens with zero attached hydrogens (tertiary/aromatic N) is 1. The van der Waals surface area contributed by atoms with Gasteiger partial charge in [-0.25, -0.2) is 0 Å². The van der Waals surface area contributed by atoms with Gasteiger partial charge in [0, 0.05) is 5.92 Å². The van der Waals surface area contributed by atoms with Gasteiger partial charge in [0.25, 0.3) is 0 Å². The third kappa shape index (κ3) is 6.04. The molecule has 0 unspecified atom stereocenters. The zero-order chi connectivity index (χ0) is 20.9. The van der Waals surface area contributed by atoms with Gasteiger partial charge in [0.05, 0.1) is 11.7 Å². The summed E-state index contributed by atoms with van der Waals surface area (Å²) in [5.41, 5.74) is 1.67. The fraction of sp³-hybridized carbons (Fsp3) is 0.615. The highest BCUT2D eigenvalue weighted by Crippen LogP contribution is 2.48. The third-order valence-corrected chi connectivity index (χ3v) is 6.82. The van der Waals surface area contributed by atoms with E-state index in [0.29, 0.717) is 18.3 Å². The van der Waals surface area contributed by atoms with Crippen molar-refractivity contribution in [2.24, 2.45) is 17.8 Å². The van der Waals surface area contributed by atoms with Gasteiger partial charge in [-0.3, -0.25) is 0 Å². The lowest BCUT2D eigenvalue weighted by Gasteiger charge is -2.23. The molecule has 2 aliphatic carbocycles. The van der Waals surface area contributed by atoms with Crippen LogP contribution in [-0.4, -0.2) is 41.9 Å². The Balaban J connectivity index is 1.49. The van der Waals surface area contributed by atoms with Gasteiger partial charge < -0.3 is 15.1 Å². The number of aliphatic hydroxyl groups is 2. The van der Waals surface area contributed by atoms with E-state index in [1.807, 2.05) is 37.3 Å². The van der Waals surface area contributed by atoms with Gasteiger partial charge in [-0.15, -0.1) is 0 Å². The summed E-state index contributed by atoms with van der Waals surface area (Å²) in [5.74, 6) is 1.29. The first-order valence-corrected chi connectivity index (χ1v) is 11.3. The maximum Gasteiger partial charge on any atom is 0.0902 e. The predicted octanol–water partition coefficient (Wildman–Crippen LogP) is 4.91. The summed E-state index contributed by atoms with van der Waals surface area (Å²) in [5, 5.41) is 21.4. The van der Waals surface area contributed by atoms with Crippen molar-refractivity contribution in [2.75, 3.05) is 20.6 Å². The molecule has 3 nitrogen and oxygen atoms in total. The highest BCUT2D eigenvalue weighted by Gasteiger charge is 2.43. The first-order chi connectivity index (χ1) is 13.9. The van der Waals surface area contributed by atoms with Crippen molar-refractivity contribution in [3.8, 4) is 0 Å². The van der Waals surface area contributed by atoms with Crippen molar-refractivity contribution in [1.82, 2.24) is 4.90 Å². The van der Waals surface area contributed by atoms with Crippen LogP contribution in [0.1, 0.15) is 57.4 Å². The minimum absolute atomic E-state index is 0.217. The van der Waals surface area contributed by atoms with Crippen LogP contribution in [0.3, 0.4) is 0 Å². The molecule has 2 aliphatic rings. The van der Waals surface area contributed by atoms with E-state index in [2.05, 4.69) is 37.2 Å². The van der Waals surface area contributed by atoms with E-state index in [0.717, 1.165) is 18.4 Å². The molecule has 1 fully saturated rings. The van der Waals surface area contributed by atoms with Crippen molar-refractivity contribution in [3.63, 3.8) is 0 Å². The molecule has 3 heteroatoms. The minimum Gasteiger partial charge on any atom is -0.392 e. The molecule has 0 radical (unpaired) electrons. The second-order valence-corrected chi connectivity index (χ2v) is 9.62. The molecule has 1 saturated carbocycles. The fourth-order valence-electron chi connectivity index (χ4n) is 5.12. The number of unbranched alkanes of at least 4 members (excludes halogenated alkanes) is 2. The molecule has 1 aromatic carbocycles. The van der Waals surface area contributed by atoms with Gasteiger partial charge in [0.1, 0.15) is 0 Å². The van der Waals surface area contributed by atoms with Crippen LogP contribution >= 0.6 is 0 Å². The van der Waals surface area contributed by atoms with Crippen LogP contribution < -0.4 is 0 Å². The van der Waals surface area contributed by atoms with Gasteiger partial charge in [-0.2, -0.15) is 0 Å². The first-order valence-electron chi connectivity index (χ1n) is 11.3. The average Bonchev–Trinajstić information content (AvgIpc) is 3.19. The molecule has 0 aromatic heterocycles. The smallest absolute Gasteiger partial charge is 0.0902 e. The summed E-state index contributed by atoms with van der Waals surface area (Å²) in [6.07, 6.45) is 14.2. The molecule has 0 bridgehead atoms. The molecule has 29 heavy (non-hydrogen) atoms. The Morgan fingerprint density at radius 3 is 2.62 bits per heavy atom. The van der Waals surface area contributed by atoms with Crippen molar-refractivity contribution in [1.29, 1.82) is 0 Å². The Labute approximate surface area is 177 Å². The monoisotopic (exact) mass is 397 g/mol. The zero-order valence-corrected chi connectivity index (χ0v) is 18.4. The first kappa shape index (κ1) is 22.3. The van der Waals surface area contributed by atoms with Crippen LogP contribution in [0.25, 0.3) is 0 Å². The Bertz CT molecular complexity index is 692. The highest BCUT2D eigenvalue weighted by molar-refractivity contribution is 5.23. The molecule has 0 heterocycles. The van der Waals surface area contributed by atoms with E-state index in [1.165, 1.54) is 32.2 Å². The van der Waals surface area contributed by atoms with Crippen LogP contribution in [0.2, 0.25) is 0 Å². The van der Waals surface area contributed by atoms with Crippen molar-refractivity contribution in [2.45, 2.75) is 63.6 Å². The Kier molecular flexibility index (Phi) is 7.72. The molecule has 1 aromatic rings. The maximum absolute atomic E-state index is 10.8.